The van der Waals surface area contributed by atoms with Gasteiger partial charge in [-0.3, -0.25) is 4.79 Å². The molecule has 0 amide bonds. The maximum Gasteiger partial charge on any atom is 0.137 e. The minimum atomic E-state index is -0.121. The Morgan fingerprint density at radius 1 is 1.08 bits per heavy atom. The lowest BCUT2D eigenvalue weighted by Crippen LogP contribution is -2.10. The first-order valence-electron chi connectivity index (χ1n) is 8.80. The lowest BCUT2D eigenvalue weighted by Gasteiger charge is -2.14. The Morgan fingerprint density at radius 3 is 2.38 bits per heavy atom. The zero-order valence-electron chi connectivity index (χ0n) is 15.2. The molecular weight excluding hydrogens is 396 g/mol. The Balaban J connectivity index is 1.77. The van der Waals surface area contributed by atoms with Crippen molar-refractivity contribution in [3.63, 3.8) is 0 Å². The fourth-order valence-electron chi connectivity index (χ4n) is 2.43. The maximum absolute atomic E-state index is 11.4. The molecule has 2 rings (SSSR count). The lowest BCUT2D eigenvalue weighted by molar-refractivity contribution is -0.120. The second kappa shape index (κ2) is 10.2. The van der Waals surface area contributed by atoms with Gasteiger partial charge in [-0.25, -0.2) is 0 Å². The third-order valence-corrected chi connectivity index (χ3v) is 4.96. The number of ether oxygens (including phenoxy) is 2. The highest BCUT2D eigenvalue weighted by Gasteiger charge is 2.16. The van der Waals surface area contributed by atoms with Crippen molar-refractivity contribution in [3.8, 4) is 17.2 Å². The van der Waals surface area contributed by atoms with Crippen LogP contribution in [-0.4, -0.2) is 24.1 Å². The fourth-order valence-corrected chi connectivity index (χ4v) is 2.93. The molecule has 0 aliphatic rings. The predicted molar refractivity (Wildman–Crippen MR) is 106 cm³/mol. The van der Waals surface area contributed by atoms with E-state index in [1.165, 1.54) is 0 Å². The van der Waals surface area contributed by atoms with Crippen molar-refractivity contribution in [3.05, 3.63) is 52.5 Å². The molecule has 4 nitrogen and oxygen atoms in total. The highest BCUT2D eigenvalue weighted by atomic mass is 79.9. The Kier molecular flexibility index (Phi) is 7.98. The number of carbonyl (C=O) groups excluding carboxylic acids is 1. The van der Waals surface area contributed by atoms with Crippen LogP contribution < -0.4 is 9.47 Å². The van der Waals surface area contributed by atoms with Crippen LogP contribution in [0.4, 0.5) is 0 Å². The molecule has 2 aromatic rings. The van der Waals surface area contributed by atoms with Gasteiger partial charge in [0.15, 0.2) is 0 Å². The van der Waals surface area contributed by atoms with Crippen LogP contribution >= 0.6 is 15.9 Å². The summed E-state index contributed by atoms with van der Waals surface area (Å²) in [5, 5.41) is 10.3. The van der Waals surface area contributed by atoms with E-state index in [2.05, 4.69) is 15.9 Å². The molecule has 26 heavy (non-hydrogen) atoms. The van der Waals surface area contributed by atoms with Gasteiger partial charge in [0.25, 0.3) is 0 Å². The number of aromatic hydroxyl groups is 1. The van der Waals surface area contributed by atoms with Gasteiger partial charge in [-0.1, -0.05) is 31.2 Å². The topological polar surface area (TPSA) is 55.8 Å². The van der Waals surface area contributed by atoms with Gasteiger partial charge in [-0.15, -0.1) is 0 Å². The van der Waals surface area contributed by atoms with Gasteiger partial charge in [-0.2, -0.15) is 0 Å². The second-order valence-electron chi connectivity index (χ2n) is 6.32. The molecule has 1 atom stereocenters. The summed E-state index contributed by atoms with van der Waals surface area (Å²) in [6.45, 7) is 4.61. The predicted octanol–water partition coefficient (Wildman–Crippen LogP) is 5.16. The zero-order chi connectivity index (χ0) is 18.9. The molecule has 1 N–H and O–H groups in total. The van der Waals surface area contributed by atoms with Crippen molar-refractivity contribution in [2.45, 2.75) is 33.1 Å². The number of carbonyl (C=O) groups is 1. The van der Waals surface area contributed by atoms with E-state index >= 15 is 0 Å². The second-order valence-corrected chi connectivity index (χ2v) is 7.11. The SMILES string of the molecule is CC(=O)C(C)Cc1ccc(OCCCCOc2ccccc2)c(Br)c1O. The minimum Gasteiger partial charge on any atom is -0.506 e. The Labute approximate surface area is 163 Å². The molecule has 0 bridgehead atoms. The van der Waals surface area contributed by atoms with Crippen molar-refractivity contribution < 1.29 is 19.4 Å². The highest BCUT2D eigenvalue weighted by molar-refractivity contribution is 9.10. The van der Waals surface area contributed by atoms with Gasteiger partial charge in [0, 0.05) is 5.92 Å². The normalized spacial score (nSPS) is 11.8. The van der Waals surface area contributed by atoms with Crippen LogP contribution in [-0.2, 0) is 11.2 Å². The smallest absolute Gasteiger partial charge is 0.137 e. The van der Waals surface area contributed by atoms with E-state index in [-0.39, 0.29) is 17.5 Å². The quantitative estimate of drug-likeness (QED) is 0.539. The van der Waals surface area contributed by atoms with Crippen molar-refractivity contribution in [1.29, 1.82) is 0 Å². The number of Topliss-reactive ketones (excluding diaryl/α,β-unsaturated/α-hetero) is 1. The van der Waals surface area contributed by atoms with Gasteiger partial charge < -0.3 is 14.6 Å². The minimum absolute atomic E-state index is 0.110. The summed E-state index contributed by atoms with van der Waals surface area (Å²) in [6.07, 6.45) is 2.24. The number of ketones is 1. The number of benzene rings is 2. The van der Waals surface area contributed by atoms with E-state index in [0.29, 0.717) is 29.9 Å². The van der Waals surface area contributed by atoms with E-state index < -0.39 is 0 Å². The zero-order valence-corrected chi connectivity index (χ0v) is 16.8. The number of rotatable bonds is 10. The number of hydrogen-bond donors (Lipinski definition) is 1. The van der Waals surface area contributed by atoms with Crippen LogP contribution in [0.3, 0.4) is 0 Å². The monoisotopic (exact) mass is 420 g/mol. The summed E-state index contributed by atoms with van der Waals surface area (Å²) in [5.74, 6) is 1.60. The standard InChI is InChI=1S/C21H25BrO4/c1-15(16(2)23)14-17-10-11-19(20(22)21(17)24)26-13-7-6-12-25-18-8-4-3-5-9-18/h3-5,8-11,15,24H,6-7,12-14H2,1-2H3. The summed E-state index contributed by atoms with van der Waals surface area (Å²) in [7, 11) is 0. The third-order valence-electron chi connectivity index (χ3n) is 4.19. The molecule has 0 saturated carbocycles. The molecular formula is C21H25BrO4. The van der Waals surface area contributed by atoms with E-state index in [1.54, 1.807) is 6.92 Å². The molecule has 0 fully saturated rings. The molecule has 0 aliphatic heterocycles. The lowest BCUT2D eigenvalue weighted by atomic mass is 9.97. The van der Waals surface area contributed by atoms with Crippen LogP contribution in [0.1, 0.15) is 32.3 Å². The van der Waals surface area contributed by atoms with Crippen molar-refractivity contribution >= 4 is 21.7 Å². The number of hydrogen-bond acceptors (Lipinski definition) is 4. The Bertz CT molecular complexity index is 715. The van der Waals surface area contributed by atoms with Crippen LogP contribution in [0.15, 0.2) is 46.9 Å². The van der Waals surface area contributed by atoms with Gasteiger partial charge in [0.05, 0.1) is 13.2 Å². The molecule has 140 valence electrons. The van der Waals surface area contributed by atoms with Crippen molar-refractivity contribution in [2.75, 3.05) is 13.2 Å². The Hall–Kier alpha value is -2.01. The van der Waals surface area contributed by atoms with Crippen molar-refractivity contribution in [1.82, 2.24) is 0 Å². The van der Waals surface area contributed by atoms with E-state index in [1.807, 2.05) is 49.4 Å². The number of unbranched alkanes of at least 4 members (excludes halogenated alkanes) is 1. The molecule has 0 aromatic heterocycles. The largest absolute Gasteiger partial charge is 0.506 e. The molecule has 0 saturated heterocycles. The number of phenols is 1. The van der Waals surface area contributed by atoms with Crippen molar-refractivity contribution in [2.24, 2.45) is 5.92 Å². The fraction of sp³-hybridized carbons (Fsp3) is 0.381. The summed E-state index contributed by atoms with van der Waals surface area (Å²) in [4.78, 5) is 11.4. The number of halogens is 1. The van der Waals surface area contributed by atoms with E-state index in [4.69, 9.17) is 9.47 Å². The van der Waals surface area contributed by atoms with Crippen LogP contribution in [0.2, 0.25) is 0 Å². The van der Waals surface area contributed by atoms with Gasteiger partial charge in [-0.05, 0) is 65.9 Å². The Morgan fingerprint density at radius 2 is 1.73 bits per heavy atom. The van der Waals surface area contributed by atoms with E-state index in [9.17, 15) is 9.90 Å². The first-order chi connectivity index (χ1) is 12.5. The average Bonchev–Trinajstić information content (AvgIpc) is 2.64. The third kappa shape index (κ3) is 6.06. The molecule has 0 aliphatic carbocycles. The summed E-state index contributed by atoms with van der Waals surface area (Å²) >= 11 is 3.39. The molecule has 5 heteroatoms. The first kappa shape index (κ1) is 20.3. The van der Waals surface area contributed by atoms with Gasteiger partial charge in [0.2, 0.25) is 0 Å². The molecule has 0 spiro atoms. The van der Waals surface area contributed by atoms with Crippen LogP contribution in [0.5, 0.6) is 17.2 Å². The average molecular weight is 421 g/mol. The molecule has 1 unspecified atom stereocenters. The summed E-state index contributed by atoms with van der Waals surface area (Å²) < 4.78 is 11.9. The summed E-state index contributed by atoms with van der Waals surface area (Å²) in [5.41, 5.74) is 0.739. The first-order valence-corrected chi connectivity index (χ1v) is 9.59. The highest BCUT2D eigenvalue weighted by Crippen LogP contribution is 2.37. The summed E-state index contributed by atoms with van der Waals surface area (Å²) in [6, 6.07) is 13.4. The van der Waals surface area contributed by atoms with Gasteiger partial charge in [0.1, 0.15) is 27.5 Å². The molecule has 0 heterocycles. The van der Waals surface area contributed by atoms with Gasteiger partial charge >= 0.3 is 0 Å². The van der Waals surface area contributed by atoms with Crippen LogP contribution in [0.25, 0.3) is 0 Å². The van der Waals surface area contributed by atoms with Crippen LogP contribution in [0, 0.1) is 5.92 Å². The molecule has 2 aromatic carbocycles. The number of phenolic OH excluding ortho intramolecular Hbond substituents is 1. The molecule has 0 radical (unpaired) electrons. The number of para-hydroxylation sites is 1. The van der Waals surface area contributed by atoms with E-state index in [0.717, 1.165) is 24.2 Å². The maximum atomic E-state index is 11.4.